The van der Waals surface area contributed by atoms with Crippen LogP contribution in [-0.4, -0.2) is 23.1 Å². The molecule has 1 heterocycles. The maximum atomic E-state index is 11.3. The van der Waals surface area contributed by atoms with Crippen molar-refractivity contribution in [2.75, 3.05) is 11.9 Å². The van der Waals surface area contributed by atoms with E-state index in [4.69, 9.17) is 0 Å². The largest absolute Gasteiger partial charge is 0.388 e. The van der Waals surface area contributed by atoms with Crippen LogP contribution in [-0.2, 0) is 0 Å². The highest BCUT2D eigenvalue weighted by Crippen LogP contribution is 2.43. The molecule has 0 amide bonds. The van der Waals surface area contributed by atoms with Gasteiger partial charge in [-0.25, -0.2) is 0 Å². The molecule has 6 heteroatoms. The van der Waals surface area contributed by atoms with E-state index in [9.17, 15) is 15.2 Å². The minimum absolute atomic E-state index is 0.114. The molecule has 0 unspecified atom stereocenters. The Morgan fingerprint density at radius 3 is 2.52 bits per heavy atom. The number of nitro groups is 1. The SMILES string of the molecule is C[C@H](O)c1cc([N+](=O)[O-])c(N(C)C2CCC(C)(C)CC2)s1. The van der Waals surface area contributed by atoms with Gasteiger partial charge in [0.1, 0.15) is 0 Å². The molecule has 0 aliphatic heterocycles. The third-order valence-electron chi connectivity index (χ3n) is 4.50. The third kappa shape index (κ3) is 3.55. The van der Waals surface area contributed by atoms with Gasteiger partial charge in [-0.1, -0.05) is 13.8 Å². The van der Waals surface area contributed by atoms with Crippen LogP contribution >= 0.6 is 11.3 Å². The minimum atomic E-state index is -0.666. The van der Waals surface area contributed by atoms with Gasteiger partial charge in [0, 0.05) is 24.0 Å². The van der Waals surface area contributed by atoms with Crippen LogP contribution in [0.3, 0.4) is 0 Å². The number of aliphatic hydroxyl groups is 1. The number of hydrogen-bond acceptors (Lipinski definition) is 5. The predicted octanol–water partition coefficient (Wildman–Crippen LogP) is 4.11. The van der Waals surface area contributed by atoms with Gasteiger partial charge in [-0.2, -0.15) is 0 Å². The summed E-state index contributed by atoms with van der Waals surface area (Å²) in [7, 11) is 1.94. The second-order valence-corrected chi connectivity index (χ2v) is 7.84. The molecule has 2 rings (SSSR count). The van der Waals surface area contributed by atoms with Crippen LogP contribution in [0.1, 0.15) is 57.4 Å². The monoisotopic (exact) mass is 312 g/mol. The molecular weight excluding hydrogens is 288 g/mol. The summed E-state index contributed by atoms with van der Waals surface area (Å²) in [5.74, 6) is 0. The van der Waals surface area contributed by atoms with Crippen molar-refractivity contribution in [3.63, 3.8) is 0 Å². The molecule has 0 saturated heterocycles. The zero-order valence-electron chi connectivity index (χ0n) is 13.1. The Morgan fingerprint density at radius 1 is 1.48 bits per heavy atom. The number of nitrogens with zero attached hydrogens (tertiary/aromatic N) is 2. The number of hydrogen-bond donors (Lipinski definition) is 1. The van der Waals surface area contributed by atoms with Gasteiger partial charge in [0.15, 0.2) is 5.00 Å². The van der Waals surface area contributed by atoms with Crippen LogP contribution in [0.4, 0.5) is 10.7 Å². The molecule has 21 heavy (non-hydrogen) atoms. The Labute approximate surface area is 129 Å². The summed E-state index contributed by atoms with van der Waals surface area (Å²) in [6.07, 6.45) is 3.74. The van der Waals surface area contributed by atoms with Crippen molar-refractivity contribution < 1.29 is 10.0 Å². The van der Waals surface area contributed by atoms with Crippen molar-refractivity contribution in [1.82, 2.24) is 0 Å². The molecule has 0 aromatic carbocycles. The van der Waals surface area contributed by atoms with Gasteiger partial charge in [0.25, 0.3) is 0 Å². The molecule has 1 N–H and O–H groups in total. The van der Waals surface area contributed by atoms with E-state index in [2.05, 4.69) is 13.8 Å². The van der Waals surface area contributed by atoms with Crippen LogP contribution in [0.2, 0.25) is 0 Å². The number of thiophene rings is 1. The Balaban J connectivity index is 2.22. The van der Waals surface area contributed by atoms with E-state index < -0.39 is 6.10 Å². The van der Waals surface area contributed by atoms with E-state index >= 15 is 0 Å². The van der Waals surface area contributed by atoms with E-state index in [0.717, 1.165) is 25.7 Å². The summed E-state index contributed by atoms with van der Waals surface area (Å²) in [6, 6.07) is 1.85. The summed E-state index contributed by atoms with van der Waals surface area (Å²) in [6.45, 7) is 6.20. The van der Waals surface area contributed by atoms with Crippen LogP contribution < -0.4 is 4.90 Å². The summed E-state index contributed by atoms with van der Waals surface area (Å²) in [5.41, 5.74) is 0.493. The van der Waals surface area contributed by atoms with E-state index in [-0.39, 0.29) is 10.6 Å². The van der Waals surface area contributed by atoms with Crippen LogP contribution in [0.25, 0.3) is 0 Å². The standard InChI is InChI=1S/C15H24N2O3S/c1-10(18)13-9-12(17(19)20)14(21-13)16(4)11-5-7-15(2,3)8-6-11/h9-11,18H,5-8H2,1-4H3/t10-/m0/s1. The average Bonchev–Trinajstić information content (AvgIpc) is 2.83. The van der Waals surface area contributed by atoms with Gasteiger partial charge >= 0.3 is 5.69 Å². The Kier molecular flexibility index (Phi) is 4.58. The van der Waals surface area contributed by atoms with Gasteiger partial charge < -0.3 is 10.0 Å². The van der Waals surface area contributed by atoms with E-state index in [1.165, 1.54) is 17.4 Å². The molecule has 1 aromatic heterocycles. The first-order valence-corrected chi connectivity index (χ1v) is 8.22. The Bertz CT molecular complexity index is 515. The number of anilines is 1. The second-order valence-electron chi connectivity index (χ2n) is 6.78. The topological polar surface area (TPSA) is 66.6 Å². The van der Waals surface area contributed by atoms with E-state index in [0.29, 0.717) is 21.3 Å². The number of aliphatic hydroxyl groups excluding tert-OH is 1. The molecule has 1 aliphatic carbocycles. The van der Waals surface area contributed by atoms with Gasteiger partial charge in [0.05, 0.1) is 11.0 Å². The maximum absolute atomic E-state index is 11.3. The smallest absolute Gasteiger partial charge is 0.304 e. The first-order chi connectivity index (χ1) is 9.71. The van der Waals surface area contributed by atoms with Gasteiger partial charge in [-0.15, -0.1) is 11.3 Å². The summed E-state index contributed by atoms with van der Waals surface area (Å²) in [4.78, 5) is 13.6. The fraction of sp³-hybridized carbons (Fsp3) is 0.733. The van der Waals surface area contributed by atoms with Crippen LogP contribution in [0, 0.1) is 15.5 Å². The van der Waals surface area contributed by atoms with Crippen molar-refractivity contribution >= 4 is 22.0 Å². The van der Waals surface area contributed by atoms with Crippen LogP contribution in [0.15, 0.2) is 6.07 Å². The maximum Gasteiger partial charge on any atom is 0.304 e. The first-order valence-electron chi connectivity index (χ1n) is 7.40. The third-order valence-corrected chi connectivity index (χ3v) is 5.88. The lowest BCUT2D eigenvalue weighted by Crippen LogP contribution is -2.37. The molecule has 1 aliphatic rings. The normalized spacial score (nSPS) is 20.2. The Morgan fingerprint density at radius 2 is 2.05 bits per heavy atom. The molecule has 1 atom stereocenters. The molecule has 5 nitrogen and oxygen atoms in total. The predicted molar refractivity (Wildman–Crippen MR) is 86.0 cm³/mol. The zero-order chi connectivity index (χ0) is 15.8. The van der Waals surface area contributed by atoms with E-state index in [1.54, 1.807) is 6.92 Å². The van der Waals surface area contributed by atoms with Crippen molar-refractivity contribution in [3.05, 3.63) is 21.1 Å². The van der Waals surface area contributed by atoms with Crippen molar-refractivity contribution in [2.45, 2.75) is 58.6 Å². The molecular formula is C15H24N2O3S. The molecule has 1 saturated carbocycles. The van der Waals surface area contributed by atoms with Gasteiger partial charge in [0.2, 0.25) is 0 Å². The van der Waals surface area contributed by atoms with Crippen molar-refractivity contribution in [3.8, 4) is 0 Å². The zero-order valence-corrected chi connectivity index (χ0v) is 13.9. The fourth-order valence-electron chi connectivity index (χ4n) is 2.92. The Hall–Kier alpha value is -1.14. The highest BCUT2D eigenvalue weighted by molar-refractivity contribution is 7.16. The minimum Gasteiger partial charge on any atom is -0.388 e. The summed E-state index contributed by atoms with van der Waals surface area (Å²) >= 11 is 1.33. The lowest BCUT2D eigenvalue weighted by atomic mass is 9.75. The molecule has 0 spiro atoms. The second kappa shape index (κ2) is 5.93. The molecule has 1 aromatic rings. The lowest BCUT2D eigenvalue weighted by Gasteiger charge is -2.38. The van der Waals surface area contributed by atoms with Gasteiger partial charge in [-0.05, 0) is 38.0 Å². The first kappa shape index (κ1) is 16.2. The lowest BCUT2D eigenvalue weighted by molar-refractivity contribution is -0.383. The fourth-order valence-corrected chi connectivity index (χ4v) is 4.01. The quantitative estimate of drug-likeness (QED) is 0.671. The van der Waals surface area contributed by atoms with Crippen LogP contribution in [0.5, 0.6) is 0 Å². The van der Waals surface area contributed by atoms with Gasteiger partial charge in [-0.3, -0.25) is 10.1 Å². The van der Waals surface area contributed by atoms with Crippen molar-refractivity contribution in [1.29, 1.82) is 0 Å². The molecule has 118 valence electrons. The summed E-state index contributed by atoms with van der Waals surface area (Å²) in [5, 5.41) is 21.6. The molecule has 0 bridgehead atoms. The number of rotatable bonds is 4. The highest BCUT2D eigenvalue weighted by atomic mass is 32.1. The molecule has 1 fully saturated rings. The van der Waals surface area contributed by atoms with Crippen molar-refractivity contribution in [2.24, 2.45) is 5.41 Å². The summed E-state index contributed by atoms with van der Waals surface area (Å²) < 4.78 is 0. The highest BCUT2D eigenvalue weighted by Gasteiger charge is 2.32. The molecule has 0 radical (unpaired) electrons. The van der Waals surface area contributed by atoms with E-state index in [1.807, 2.05) is 11.9 Å². The average molecular weight is 312 g/mol.